The first-order chi connectivity index (χ1) is 14.9. The van der Waals surface area contributed by atoms with Gasteiger partial charge >= 0.3 is 0 Å². The van der Waals surface area contributed by atoms with Gasteiger partial charge in [0.2, 0.25) is 5.91 Å². The summed E-state index contributed by atoms with van der Waals surface area (Å²) in [4.78, 5) is 19.6. The third-order valence-electron chi connectivity index (χ3n) is 6.18. The van der Waals surface area contributed by atoms with Crippen molar-refractivity contribution in [3.8, 4) is 0 Å². The molecule has 2 heterocycles. The summed E-state index contributed by atoms with van der Waals surface area (Å²) in [6, 6.07) is 12.5. The highest BCUT2D eigenvalue weighted by Gasteiger charge is 2.26. The summed E-state index contributed by atoms with van der Waals surface area (Å²) in [5, 5.41) is 13.0. The molecule has 0 spiro atoms. The lowest BCUT2D eigenvalue weighted by atomic mass is 9.93. The van der Waals surface area contributed by atoms with Crippen molar-refractivity contribution in [3.63, 3.8) is 0 Å². The van der Waals surface area contributed by atoms with Crippen LogP contribution in [0.5, 0.6) is 0 Å². The number of hydrogen-bond acceptors (Lipinski definition) is 4. The molecule has 164 valence electrons. The number of rotatable bonds is 7. The Labute approximate surface area is 189 Å². The molecular weight excluding hydrogens is 410 g/mol. The number of aliphatic hydroxyl groups excluding tert-OH is 1. The standard InChI is InChI=1S/C25H30ClN3O2/c1-25(2,16-30)24(31)27-15-17-5-8-22(26)19(11-17)13-20-12-18-6-7-21(14-23(18)28-20)29-9-3-4-10-29/h5-8,11,14,30H,3-4,9-10,12-13,15-16H2,1-2H3,(H,27,31). The predicted octanol–water partition coefficient (Wildman–Crippen LogP) is 4.45. The average Bonchev–Trinajstić information content (AvgIpc) is 3.43. The number of nitrogens with one attached hydrogen (secondary N) is 1. The van der Waals surface area contributed by atoms with Crippen LogP contribution in [0.15, 0.2) is 41.4 Å². The van der Waals surface area contributed by atoms with Crippen LogP contribution in [0.1, 0.15) is 43.4 Å². The Kier molecular flexibility index (Phi) is 6.35. The minimum Gasteiger partial charge on any atom is -0.395 e. The van der Waals surface area contributed by atoms with Crippen molar-refractivity contribution in [1.29, 1.82) is 0 Å². The number of halogens is 1. The molecule has 0 radical (unpaired) electrons. The number of amides is 1. The molecule has 0 bridgehead atoms. The molecule has 31 heavy (non-hydrogen) atoms. The lowest BCUT2D eigenvalue weighted by Crippen LogP contribution is -2.38. The molecular formula is C25H30ClN3O2. The summed E-state index contributed by atoms with van der Waals surface area (Å²) in [6.45, 7) is 5.91. The second-order valence-corrected chi connectivity index (χ2v) is 9.60. The Balaban J connectivity index is 1.44. The first-order valence-corrected chi connectivity index (χ1v) is 11.3. The molecule has 1 saturated heterocycles. The third-order valence-corrected chi connectivity index (χ3v) is 6.55. The third kappa shape index (κ3) is 4.94. The maximum Gasteiger partial charge on any atom is 0.228 e. The molecule has 2 aliphatic heterocycles. The molecule has 1 fully saturated rings. The van der Waals surface area contributed by atoms with E-state index in [1.807, 2.05) is 18.2 Å². The monoisotopic (exact) mass is 439 g/mol. The first kappa shape index (κ1) is 21.8. The highest BCUT2D eigenvalue weighted by molar-refractivity contribution is 6.31. The molecule has 0 unspecified atom stereocenters. The Hall–Kier alpha value is -2.37. The number of benzene rings is 2. The SMILES string of the molecule is CC(C)(CO)C(=O)NCc1ccc(Cl)c(CC2=Nc3cc(N4CCCC4)ccc3C2)c1. The fraction of sp³-hybridized carbons (Fsp3) is 0.440. The van der Waals surface area contributed by atoms with E-state index in [2.05, 4.69) is 28.4 Å². The summed E-state index contributed by atoms with van der Waals surface area (Å²) >= 11 is 6.47. The van der Waals surface area contributed by atoms with Crippen LogP contribution in [0.2, 0.25) is 5.02 Å². The van der Waals surface area contributed by atoms with Crippen molar-refractivity contribution in [1.82, 2.24) is 5.32 Å². The predicted molar refractivity (Wildman–Crippen MR) is 127 cm³/mol. The van der Waals surface area contributed by atoms with Gasteiger partial charge in [-0.15, -0.1) is 0 Å². The van der Waals surface area contributed by atoms with Crippen molar-refractivity contribution in [2.75, 3.05) is 24.6 Å². The number of carbonyl (C=O) groups excluding carboxylic acids is 1. The van der Waals surface area contributed by atoms with E-state index >= 15 is 0 Å². The van der Waals surface area contributed by atoms with Gasteiger partial charge in [0, 0.05) is 48.9 Å². The van der Waals surface area contributed by atoms with E-state index in [4.69, 9.17) is 16.6 Å². The number of fused-ring (bicyclic) bond motifs is 1. The number of aliphatic imine (C=N–C) groups is 1. The second-order valence-electron chi connectivity index (χ2n) is 9.19. The Morgan fingerprint density at radius 1 is 1.19 bits per heavy atom. The van der Waals surface area contributed by atoms with Crippen molar-refractivity contribution in [3.05, 3.63) is 58.1 Å². The van der Waals surface area contributed by atoms with Crippen LogP contribution in [-0.4, -0.2) is 36.4 Å². The van der Waals surface area contributed by atoms with Crippen LogP contribution in [0, 0.1) is 5.41 Å². The minimum atomic E-state index is -0.798. The zero-order valence-electron chi connectivity index (χ0n) is 18.2. The summed E-state index contributed by atoms with van der Waals surface area (Å²) in [5.41, 5.74) is 5.91. The van der Waals surface area contributed by atoms with Gasteiger partial charge < -0.3 is 15.3 Å². The zero-order valence-corrected chi connectivity index (χ0v) is 19.0. The topological polar surface area (TPSA) is 64.9 Å². The molecule has 2 aromatic rings. The van der Waals surface area contributed by atoms with Crippen LogP contribution >= 0.6 is 11.6 Å². The van der Waals surface area contributed by atoms with Gasteiger partial charge in [-0.25, -0.2) is 0 Å². The molecule has 1 amide bonds. The Morgan fingerprint density at radius 3 is 2.71 bits per heavy atom. The van der Waals surface area contributed by atoms with Crippen LogP contribution in [0.4, 0.5) is 11.4 Å². The maximum atomic E-state index is 12.2. The van der Waals surface area contributed by atoms with Gasteiger partial charge in [0.1, 0.15) is 0 Å². The molecule has 2 aromatic carbocycles. The molecule has 0 aromatic heterocycles. The van der Waals surface area contributed by atoms with Gasteiger partial charge in [0.25, 0.3) is 0 Å². The van der Waals surface area contributed by atoms with E-state index in [0.29, 0.717) is 18.0 Å². The molecule has 2 N–H and O–H groups in total. The van der Waals surface area contributed by atoms with E-state index in [1.165, 1.54) is 24.1 Å². The van der Waals surface area contributed by atoms with Crippen LogP contribution in [-0.2, 0) is 24.2 Å². The summed E-state index contributed by atoms with van der Waals surface area (Å²) in [5.74, 6) is -0.170. The zero-order chi connectivity index (χ0) is 22.0. The van der Waals surface area contributed by atoms with Gasteiger partial charge in [0.15, 0.2) is 0 Å². The highest BCUT2D eigenvalue weighted by Crippen LogP contribution is 2.33. The fourth-order valence-corrected chi connectivity index (χ4v) is 4.28. The summed E-state index contributed by atoms with van der Waals surface area (Å²) < 4.78 is 0. The molecule has 6 heteroatoms. The van der Waals surface area contributed by atoms with Gasteiger partial charge in [0.05, 0.1) is 17.7 Å². The van der Waals surface area contributed by atoms with E-state index in [-0.39, 0.29) is 12.5 Å². The molecule has 5 nitrogen and oxygen atoms in total. The fourth-order valence-electron chi connectivity index (χ4n) is 4.10. The van der Waals surface area contributed by atoms with Crippen molar-refractivity contribution >= 4 is 34.6 Å². The number of aliphatic hydroxyl groups is 1. The lowest BCUT2D eigenvalue weighted by molar-refractivity contribution is -0.131. The quantitative estimate of drug-likeness (QED) is 0.670. The summed E-state index contributed by atoms with van der Waals surface area (Å²) in [6.07, 6.45) is 4.06. The van der Waals surface area contributed by atoms with Crippen LogP contribution in [0.3, 0.4) is 0 Å². The normalized spacial score (nSPS) is 15.7. The maximum absolute atomic E-state index is 12.2. The number of anilines is 1. The van der Waals surface area contributed by atoms with Gasteiger partial charge in [-0.05, 0) is 61.6 Å². The highest BCUT2D eigenvalue weighted by atomic mass is 35.5. The Bertz CT molecular complexity index is 1010. The molecule has 4 rings (SSSR count). The molecule has 0 atom stereocenters. The number of hydrogen-bond donors (Lipinski definition) is 2. The van der Waals surface area contributed by atoms with Crippen molar-refractivity contribution in [2.24, 2.45) is 10.4 Å². The molecule has 2 aliphatic rings. The van der Waals surface area contributed by atoms with E-state index in [0.717, 1.165) is 42.0 Å². The minimum absolute atomic E-state index is 0.170. The van der Waals surface area contributed by atoms with Crippen molar-refractivity contribution in [2.45, 2.75) is 46.1 Å². The van der Waals surface area contributed by atoms with Crippen LogP contribution in [0.25, 0.3) is 0 Å². The molecule has 0 aliphatic carbocycles. The van der Waals surface area contributed by atoms with Crippen LogP contribution < -0.4 is 10.2 Å². The van der Waals surface area contributed by atoms with Gasteiger partial charge in [-0.3, -0.25) is 9.79 Å². The summed E-state index contributed by atoms with van der Waals surface area (Å²) in [7, 11) is 0. The average molecular weight is 440 g/mol. The van der Waals surface area contributed by atoms with E-state index < -0.39 is 5.41 Å². The van der Waals surface area contributed by atoms with Gasteiger partial charge in [-0.2, -0.15) is 0 Å². The van der Waals surface area contributed by atoms with Crippen molar-refractivity contribution < 1.29 is 9.90 Å². The van der Waals surface area contributed by atoms with Gasteiger partial charge in [-0.1, -0.05) is 29.8 Å². The van der Waals surface area contributed by atoms with E-state index in [1.54, 1.807) is 13.8 Å². The smallest absolute Gasteiger partial charge is 0.228 e. The molecule has 0 saturated carbocycles. The number of carbonyl (C=O) groups is 1. The first-order valence-electron chi connectivity index (χ1n) is 11.0. The van der Waals surface area contributed by atoms with E-state index in [9.17, 15) is 9.90 Å². The Morgan fingerprint density at radius 2 is 1.97 bits per heavy atom. The second kappa shape index (κ2) is 9.01. The largest absolute Gasteiger partial charge is 0.395 e. The number of nitrogens with zero attached hydrogens (tertiary/aromatic N) is 2. The lowest BCUT2D eigenvalue weighted by Gasteiger charge is -2.20.